The van der Waals surface area contributed by atoms with Gasteiger partial charge >= 0.3 is 5.97 Å². The van der Waals surface area contributed by atoms with Crippen molar-refractivity contribution in [1.82, 2.24) is 15.2 Å². The molecule has 2 aliphatic rings. The molecule has 1 saturated carbocycles. The largest absolute Gasteiger partial charge is 0.474 e. The number of aromatic nitrogens is 1. The van der Waals surface area contributed by atoms with Crippen LogP contribution >= 0.6 is 0 Å². The summed E-state index contributed by atoms with van der Waals surface area (Å²) in [5, 5.41) is 6.56. The number of piperidine rings is 1. The highest BCUT2D eigenvalue weighted by Crippen LogP contribution is 2.30. The van der Waals surface area contributed by atoms with Crippen molar-refractivity contribution in [2.75, 3.05) is 30.7 Å². The van der Waals surface area contributed by atoms with Gasteiger partial charge in [0, 0.05) is 37.2 Å². The van der Waals surface area contributed by atoms with Crippen LogP contribution in [-0.2, 0) is 14.3 Å². The molecule has 0 atom stereocenters. The predicted molar refractivity (Wildman–Crippen MR) is 137 cm³/mol. The number of nitrogen functional groups attached to an aromatic ring is 1. The van der Waals surface area contributed by atoms with Gasteiger partial charge in [0.25, 0.3) is 0 Å². The summed E-state index contributed by atoms with van der Waals surface area (Å²) in [4.78, 5) is 30.8. The summed E-state index contributed by atoms with van der Waals surface area (Å²) < 4.78 is 11.6. The lowest BCUT2D eigenvalue weighted by atomic mass is 9.85. The van der Waals surface area contributed by atoms with Gasteiger partial charge in [-0.3, -0.25) is 14.5 Å². The van der Waals surface area contributed by atoms with Crippen LogP contribution in [0.1, 0.15) is 73.1 Å². The van der Waals surface area contributed by atoms with Crippen LogP contribution < -0.4 is 21.1 Å². The molecule has 0 unspecified atom stereocenters. The quantitative estimate of drug-likeness (QED) is 0.476. The summed E-state index contributed by atoms with van der Waals surface area (Å²) in [6, 6.07) is 2.32. The Morgan fingerprint density at radius 1 is 1.14 bits per heavy atom. The Labute approximate surface area is 209 Å². The third-order valence-electron chi connectivity index (χ3n) is 6.39. The number of hydrogen-bond donors (Lipinski definition) is 3. The number of rotatable bonds is 8. The van der Waals surface area contributed by atoms with Crippen LogP contribution in [0.3, 0.4) is 0 Å². The van der Waals surface area contributed by atoms with Crippen molar-refractivity contribution in [3.05, 3.63) is 12.3 Å². The second-order valence-electron chi connectivity index (χ2n) is 11.1. The van der Waals surface area contributed by atoms with Crippen molar-refractivity contribution in [2.45, 2.75) is 96.9 Å². The molecule has 0 spiro atoms. The van der Waals surface area contributed by atoms with Gasteiger partial charge in [0.1, 0.15) is 11.7 Å². The second kappa shape index (κ2) is 11.9. The first-order valence-electron chi connectivity index (χ1n) is 12.9. The van der Waals surface area contributed by atoms with E-state index in [1.54, 1.807) is 6.20 Å². The van der Waals surface area contributed by atoms with Gasteiger partial charge in [0.05, 0.1) is 24.1 Å². The Kier molecular flexibility index (Phi) is 9.21. The van der Waals surface area contributed by atoms with E-state index < -0.39 is 5.60 Å². The first kappa shape index (κ1) is 27.0. The maximum absolute atomic E-state index is 12.3. The zero-order valence-electron chi connectivity index (χ0n) is 21.9. The van der Waals surface area contributed by atoms with Gasteiger partial charge in [-0.2, -0.15) is 0 Å². The third kappa shape index (κ3) is 8.87. The molecule has 1 amide bonds. The molecule has 2 heterocycles. The maximum Gasteiger partial charge on any atom is 0.320 e. The second-order valence-corrected chi connectivity index (χ2v) is 11.1. The van der Waals surface area contributed by atoms with Crippen molar-refractivity contribution in [2.24, 2.45) is 5.92 Å². The number of hydrogen-bond acceptors (Lipinski definition) is 8. The SMILES string of the molecule is CC(C)NC(=O)C1CCC(Nc2cc(OC3CCN(CC(=O)OC(C)(C)C)CC3)ncc2N)CC1. The van der Waals surface area contributed by atoms with Crippen LogP contribution in [0.25, 0.3) is 0 Å². The lowest BCUT2D eigenvalue weighted by Crippen LogP contribution is -2.42. The maximum atomic E-state index is 12.3. The Bertz CT molecular complexity index is 854. The standard InChI is InChI=1S/C26H43N5O4/c1-17(2)29-25(33)18-6-8-19(9-7-18)30-22-14-23(28-15-21(22)27)34-20-10-12-31(13-11-20)16-24(32)35-26(3,4)5/h14-15,17-20H,6-13,16,27H2,1-5H3,(H,28,30)(H,29,33). The Balaban J connectivity index is 1.45. The zero-order valence-corrected chi connectivity index (χ0v) is 21.9. The van der Waals surface area contributed by atoms with E-state index in [1.165, 1.54) is 0 Å². The number of carbonyl (C=O) groups is 2. The third-order valence-corrected chi connectivity index (χ3v) is 6.39. The van der Waals surface area contributed by atoms with Gasteiger partial charge in [-0.05, 0) is 73.1 Å². The van der Waals surface area contributed by atoms with Crippen LogP contribution in [-0.4, -0.2) is 65.2 Å². The minimum atomic E-state index is -0.465. The molecule has 35 heavy (non-hydrogen) atoms. The fraction of sp³-hybridized carbons (Fsp3) is 0.731. The lowest BCUT2D eigenvalue weighted by molar-refractivity contribution is -0.156. The van der Waals surface area contributed by atoms with Gasteiger partial charge in [-0.15, -0.1) is 0 Å². The smallest absolute Gasteiger partial charge is 0.320 e. The molecule has 0 radical (unpaired) electrons. The van der Waals surface area contributed by atoms with E-state index in [2.05, 4.69) is 20.5 Å². The number of anilines is 2. The molecule has 1 aromatic rings. The summed E-state index contributed by atoms with van der Waals surface area (Å²) >= 11 is 0. The van der Waals surface area contributed by atoms with Crippen molar-refractivity contribution in [1.29, 1.82) is 0 Å². The Morgan fingerprint density at radius 3 is 2.40 bits per heavy atom. The molecule has 9 heteroatoms. The highest BCUT2D eigenvalue weighted by atomic mass is 16.6. The predicted octanol–water partition coefficient (Wildman–Crippen LogP) is 3.34. The van der Waals surface area contributed by atoms with Crippen molar-refractivity contribution >= 4 is 23.3 Å². The van der Waals surface area contributed by atoms with Crippen LogP contribution in [0.5, 0.6) is 5.88 Å². The number of nitrogens with two attached hydrogens (primary N) is 1. The number of carbonyl (C=O) groups excluding carboxylic acids is 2. The van der Waals surface area contributed by atoms with Crippen LogP contribution in [0, 0.1) is 5.92 Å². The summed E-state index contributed by atoms with van der Waals surface area (Å²) in [6.07, 6.45) is 6.90. The fourth-order valence-corrected chi connectivity index (χ4v) is 4.67. The number of esters is 1. The van der Waals surface area contributed by atoms with Gasteiger partial charge in [0.2, 0.25) is 11.8 Å². The first-order chi connectivity index (χ1) is 16.5. The summed E-state index contributed by atoms with van der Waals surface area (Å²) in [7, 11) is 0. The Morgan fingerprint density at radius 2 is 1.80 bits per heavy atom. The van der Waals surface area contributed by atoms with E-state index in [9.17, 15) is 9.59 Å². The van der Waals surface area contributed by atoms with Gasteiger partial charge < -0.3 is 25.8 Å². The number of nitrogens with zero attached hydrogens (tertiary/aromatic N) is 2. The minimum absolute atomic E-state index is 0.0452. The molecule has 196 valence electrons. The summed E-state index contributed by atoms with van der Waals surface area (Å²) in [6.45, 7) is 11.5. The van der Waals surface area contributed by atoms with E-state index >= 15 is 0 Å². The number of pyridine rings is 1. The molecule has 2 fully saturated rings. The topological polar surface area (TPSA) is 119 Å². The molecule has 1 aliphatic heterocycles. The van der Waals surface area contributed by atoms with E-state index in [1.807, 2.05) is 40.7 Å². The molecule has 1 aliphatic carbocycles. The highest BCUT2D eigenvalue weighted by Gasteiger charge is 2.28. The average Bonchev–Trinajstić information content (AvgIpc) is 2.76. The first-order valence-corrected chi connectivity index (χ1v) is 12.9. The molecule has 9 nitrogen and oxygen atoms in total. The van der Waals surface area contributed by atoms with Crippen LogP contribution in [0.2, 0.25) is 0 Å². The monoisotopic (exact) mass is 489 g/mol. The zero-order chi connectivity index (χ0) is 25.6. The molecule has 1 saturated heterocycles. The van der Waals surface area contributed by atoms with Crippen molar-refractivity contribution in [3.63, 3.8) is 0 Å². The summed E-state index contributed by atoms with van der Waals surface area (Å²) in [5.41, 5.74) is 7.13. The van der Waals surface area contributed by atoms with Crippen molar-refractivity contribution < 1.29 is 19.1 Å². The van der Waals surface area contributed by atoms with E-state index in [0.717, 1.165) is 57.3 Å². The number of ether oxygens (including phenoxy) is 2. The highest BCUT2D eigenvalue weighted by molar-refractivity contribution is 5.79. The van der Waals surface area contributed by atoms with Crippen LogP contribution in [0.4, 0.5) is 11.4 Å². The number of amides is 1. The molecule has 0 bridgehead atoms. The fourth-order valence-electron chi connectivity index (χ4n) is 4.67. The molecule has 0 aromatic carbocycles. The number of nitrogens with one attached hydrogen (secondary N) is 2. The van der Waals surface area contributed by atoms with E-state index in [4.69, 9.17) is 15.2 Å². The molecule has 3 rings (SSSR count). The van der Waals surface area contributed by atoms with E-state index in [-0.39, 0.29) is 36.0 Å². The molecular weight excluding hydrogens is 446 g/mol. The van der Waals surface area contributed by atoms with Crippen LogP contribution in [0.15, 0.2) is 12.3 Å². The minimum Gasteiger partial charge on any atom is -0.474 e. The molecular formula is C26H43N5O4. The normalized spacial score (nSPS) is 22.0. The van der Waals surface area contributed by atoms with Crippen molar-refractivity contribution in [3.8, 4) is 5.88 Å². The number of likely N-dealkylation sites (tertiary alicyclic amines) is 1. The van der Waals surface area contributed by atoms with Gasteiger partial charge in [-0.1, -0.05) is 0 Å². The average molecular weight is 490 g/mol. The summed E-state index contributed by atoms with van der Waals surface area (Å²) in [5.74, 6) is 0.611. The molecule has 1 aromatic heterocycles. The molecule has 4 N–H and O–H groups in total. The van der Waals surface area contributed by atoms with Gasteiger partial charge in [-0.25, -0.2) is 4.98 Å². The van der Waals surface area contributed by atoms with E-state index in [0.29, 0.717) is 18.1 Å². The van der Waals surface area contributed by atoms with Gasteiger partial charge in [0.15, 0.2) is 0 Å². The lowest BCUT2D eigenvalue weighted by Gasteiger charge is -2.32. The Hall–Kier alpha value is -2.55.